The van der Waals surface area contributed by atoms with E-state index in [4.69, 9.17) is 9.47 Å². The van der Waals surface area contributed by atoms with Crippen LogP contribution in [0.2, 0.25) is 0 Å². The van der Waals surface area contributed by atoms with Crippen LogP contribution in [-0.2, 0) is 20.9 Å². The highest BCUT2D eigenvalue weighted by Gasteiger charge is 2.32. The Morgan fingerprint density at radius 3 is 2.86 bits per heavy atom. The van der Waals surface area contributed by atoms with E-state index in [0.717, 1.165) is 24.2 Å². The molecule has 22 heavy (non-hydrogen) atoms. The summed E-state index contributed by atoms with van der Waals surface area (Å²) in [5.41, 5.74) is 2.15. The molecular weight excluding hydrogens is 282 g/mol. The smallest absolute Gasteiger partial charge is 0.338 e. The van der Waals surface area contributed by atoms with Gasteiger partial charge in [-0.3, -0.25) is 4.79 Å². The maximum Gasteiger partial charge on any atom is 0.338 e. The minimum atomic E-state index is -0.449. The highest BCUT2D eigenvalue weighted by Crippen LogP contribution is 2.30. The zero-order valence-corrected chi connectivity index (χ0v) is 13.2. The summed E-state index contributed by atoms with van der Waals surface area (Å²) in [7, 11) is 0. The van der Waals surface area contributed by atoms with Crippen LogP contribution in [-0.4, -0.2) is 30.6 Å². The quantitative estimate of drug-likeness (QED) is 0.786. The van der Waals surface area contributed by atoms with Gasteiger partial charge in [-0.15, -0.1) is 0 Å². The normalized spacial score (nSPS) is 20.8. The zero-order valence-electron chi connectivity index (χ0n) is 13.2. The largest absolute Gasteiger partial charge is 0.460 e. The van der Waals surface area contributed by atoms with Gasteiger partial charge in [0, 0.05) is 24.3 Å². The molecule has 1 atom stereocenters. The Morgan fingerprint density at radius 1 is 1.36 bits per heavy atom. The van der Waals surface area contributed by atoms with Crippen LogP contribution in [0.3, 0.4) is 0 Å². The summed E-state index contributed by atoms with van der Waals surface area (Å²) in [5.74, 6) is -0.477. The highest BCUT2D eigenvalue weighted by molar-refractivity contribution is 5.94. The maximum atomic E-state index is 12.2. The molecule has 5 heteroatoms. The first-order valence-electron chi connectivity index (χ1n) is 7.61. The predicted octanol–water partition coefficient (Wildman–Crippen LogP) is 2.53. The number of esters is 2. The summed E-state index contributed by atoms with van der Waals surface area (Å²) in [6.45, 7) is 7.46. The van der Waals surface area contributed by atoms with E-state index in [-0.39, 0.29) is 17.9 Å². The summed E-state index contributed by atoms with van der Waals surface area (Å²) in [5, 5.41) is 0. The molecule has 0 bridgehead atoms. The summed E-state index contributed by atoms with van der Waals surface area (Å²) in [4.78, 5) is 25.8. The molecule has 0 aromatic heterocycles. The van der Waals surface area contributed by atoms with Crippen LogP contribution in [0.15, 0.2) is 18.2 Å². The molecule has 2 aliphatic rings. The number of cyclic esters (lactones) is 1. The van der Waals surface area contributed by atoms with Crippen LogP contribution in [0.1, 0.15) is 43.1 Å². The van der Waals surface area contributed by atoms with E-state index in [2.05, 4.69) is 4.90 Å². The van der Waals surface area contributed by atoms with Gasteiger partial charge in [0.25, 0.3) is 0 Å². The second-order valence-electron chi connectivity index (χ2n) is 6.88. The fraction of sp³-hybridized carbons (Fsp3) is 0.529. The summed E-state index contributed by atoms with van der Waals surface area (Å²) >= 11 is 0. The van der Waals surface area contributed by atoms with Crippen molar-refractivity contribution < 1.29 is 19.1 Å². The van der Waals surface area contributed by atoms with Gasteiger partial charge in [-0.2, -0.15) is 0 Å². The van der Waals surface area contributed by atoms with E-state index in [1.807, 2.05) is 32.9 Å². The lowest BCUT2D eigenvalue weighted by atomic mass is 10.1. The molecule has 1 aromatic carbocycles. The van der Waals surface area contributed by atoms with Crippen LogP contribution in [0, 0.1) is 5.92 Å². The number of anilines is 1. The molecule has 0 N–H and O–H groups in total. The number of benzene rings is 1. The second kappa shape index (κ2) is 5.30. The number of fused-ring (bicyclic) bond motifs is 1. The number of nitrogens with zero attached hydrogens (tertiary/aromatic N) is 1. The first-order chi connectivity index (χ1) is 10.3. The Bertz CT molecular complexity index is 618. The van der Waals surface area contributed by atoms with E-state index in [9.17, 15) is 9.59 Å². The van der Waals surface area contributed by atoms with Gasteiger partial charge in [-0.25, -0.2) is 4.79 Å². The van der Waals surface area contributed by atoms with E-state index >= 15 is 0 Å². The van der Waals surface area contributed by atoms with Crippen molar-refractivity contribution in [1.29, 1.82) is 0 Å². The maximum absolute atomic E-state index is 12.2. The van der Waals surface area contributed by atoms with Crippen LogP contribution >= 0.6 is 0 Å². The standard InChI is InChI=1S/C17H21NO4/c1-17(2,3)22-15(19)11-6-7-18(9-11)13-4-5-14-12(8-13)10-21-16(14)20/h4-5,8,11H,6-7,9-10H2,1-3H3. The van der Waals surface area contributed by atoms with Gasteiger partial charge in [0.05, 0.1) is 11.5 Å². The summed E-state index contributed by atoms with van der Waals surface area (Å²) < 4.78 is 10.5. The third-order valence-electron chi connectivity index (χ3n) is 3.96. The predicted molar refractivity (Wildman–Crippen MR) is 81.7 cm³/mol. The van der Waals surface area contributed by atoms with E-state index < -0.39 is 5.60 Å². The van der Waals surface area contributed by atoms with Gasteiger partial charge in [0.15, 0.2) is 0 Å². The summed E-state index contributed by atoms with van der Waals surface area (Å²) in [6.07, 6.45) is 0.793. The Hall–Kier alpha value is -2.04. The molecule has 1 saturated heterocycles. The topological polar surface area (TPSA) is 55.8 Å². The molecule has 0 spiro atoms. The average molecular weight is 303 g/mol. The Labute approximate surface area is 130 Å². The fourth-order valence-corrected chi connectivity index (χ4v) is 2.89. The number of ether oxygens (including phenoxy) is 2. The Balaban J connectivity index is 1.68. The van der Waals surface area contributed by atoms with E-state index in [0.29, 0.717) is 18.7 Å². The monoisotopic (exact) mass is 303 g/mol. The van der Waals surface area contributed by atoms with Crippen LogP contribution in [0.4, 0.5) is 5.69 Å². The molecule has 5 nitrogen and oxygen atoms in total. The van der Waals surface area contributed by atoms with Crippen molar-refractivity contribution in [2.24, 2.45) is 5.92 Å². The molecule has 1 fully saturated rings. The number of carbonyl (C=O) groups excluding carboxylic acids is 2. The van der Waals surface area contributed by atoms with Crippen LogP contribution < -0.4 is 4.90 Å². The molecule has 2 aliphatic heterocycles. The van der Waals surface area contributed by atoms with Gasteiger partial charge >= 0.3 is 11.9 Å². The fourth-order valence-electron chi connectivity index (χ4n) is 2.89. The lowest BCUT2D eigenvalue weighted by Gasteiger charge is -2.23. The van der Waals surface area contributed by atoms with Crippen molar-refractivity contribution in [3.05, 3.63) is 29.3 Å². The molecule has 2 heterocycles. The van der Waals surface area contributed by atoms with Gasteiger partial charge in [-0.1, -0.05) is 0 Å². The Morgan fingerprint density at radius 2 is 2.14 bits per heavy atom. The van der Waals surface area contributed by atoms with E-state index in [1.165, 1.54) is 0 Å². The number of rotatable bonds is 2. The highest BCUT2D eigenvalue weighted by atomic mass is 16.6. The molecule has 1 aromatic rings. The molecular formula is C17H21NO4. The van der Waals surface area contributed by atoms with E-state index in [1.54, 1.807) is 6.07 Å². The number of carbonyl (C=O) groups is 2. The third-order valence-corrected chi connectivity index (χ3v) is 3.96. The minimum Gasteiger partial charge on any atom is -0.460 e. The molecule has 0 radical (unpaired) electrons. The lowest BCUT2D eigenvalue weighted by molar-refractivity contribution is -0.159. The van der Waals surface area contributed by atoms with Crippen molar-refractivity contribution in [2.75, 3.05) is 18.0 Å². The molecule has 0 aliphatic carbocycles. The third kappa shape index (κ3) is 2.93. The Kier molecular flexibility index (Phi) is 3.59. The first-order valence-corrected chi connectivity index (χ1v) is 7.61. The van der Waals surface area contributed by atoms with Gasteiger partial charge in [-0.05, 0) is 45.4 Å². The number of hydrogen-bond acceptors (Lipinski definition) is 5. The minimum absolute atomic E-state index is 0.0923. The van der Waals surface area contributed by atoms with Crippen molar-refractivity contribution in [3.63, 3.8) is 0 Å². The van der Waals surface area contributed by atoms with Gasteiger partial charge in [0.2, 0.25) is 0 Å². The molecule has 1 unspecified atom stereocenters. The van der Waals surface area contributed by atoms with Gasteiger partial charge in [0.1, 0.15) is 12.2 Å². The SMILES string of the molecule is CC(C)(C)OC(=O)C1CCN(c2ccc3c(c2)COC3=O)C1. The lowest BCUT2D eigenvalue weighted by Crippen LogP contribution is -2.30. The van der Waals surface area contributed by atoms with Crippen molar-refractivity contribution in [1.82, 2.24) is 0 Å². The van der Waals surface area contributed by atoms with Gasteiger partial charge < -0.3 is 14.4 Å². The molecule has 0 saturated carbocycles. The van der Waals surface area contributed by atoms with Crippen LogP contribution in [0.25, 0.3) is 0 Å². The van der Waals surface area contributed by atoms with Crippen molar-refractivity contribution in [3.8, 4) is 0 Å². The summed E-state index contributed by atoms with van der Waals surface area (Å²) in [6, 6.07) is 5.71. The molecule has 3 rings (SSSR count). The molecule has 0 amide bonds. The molecule has 118 valence electrons. The second-order valence-corrected chi connectivity index (χ2v) is 6.88. The van der Waals surface area contributed by atoms with Crippen molar-refractivity contribution in [2.45, 2.75) is 39.4 Å². The average Bonchev–Trinajstić information content (AvgIpc) is 3.04. The zero-order chi connectivity index (χ0) is 15.9. The van der Waals surface area contributed by atoms with Crippen LogP contribution in [0.5, 0.6) is 0 Å². The number of hydrogen-bond donors (Lipinski definition) is 0. The first kappa shape index (κ1) is 14.9. The van der Waals surface area contributed by atoms with Crippen molar-refractivity contribution >= 4 is 17.6 Å².